The number of benzene rings is 1. The predicted octanol–water partition coefficient (Wildman–Crippen LogP) is -10.9. The molecule has 0 fully saturated rings. The second-order valence-electron chi connectivity index (χ2n) is 14.3. The number of amides is 9. The molecule has 0 radical (unpaired) electrons. The van der Waals surface area contributed by atoms with Crippen molar-refractivity contribution in [1.29, 1.82) is 0 Å². The lowest BCUT2D eigenvalue weighted by Gasteiger charge is -2.26. The third-order valence-corrected chi connectivity index (χ3v) is 9.34. The van der Waals surface area contributed by atoms with Gasteiger partial charge < -0.3 is 98.8 Å². The SMILES string of the molecule is CCCC(=O)N[C@H](CN)C(=O)N[C@H](CN)C(=O)N[C@H](CN)C(=O)N[C@H](CN)C(=O)N[C@H](CN)C(=O)N[C@H](CN)C(=O)N[C@H](CN)C(=O)N[C@H](CN)C(=O)N[C@@H](Cc1ccccc1)C(=O)O. The minimum Gasteiger partial charge on any atom is -0.480 e. The van der Waals surface area contributed by atoms with Gasteiger partial charge in [-0.2, -0.15) is 0 Å². The zero-order valence-corrected chi connectivity index (χ0v) is 36.0. The summed E-state index contributed by atoms with van der Waals surface area (Å²) in [6.07, 6.45) is 0.570. The topological polar surface area (TPSA) is 507 Å². The number of carboxylic acids is 1. The first kappa shape index (κ1) is 56.6. The Hall–Kier alpha value is -6.40. The van der Waals surface area contributed by atoms with Crippen molar-refractivity contribution in [2.45, 2.75) is 80.6 Å². The molecule has 1 rings (SSSR count). The van der Waals surface area contributed by atoms with E-state index in [-0.39, 0.29) is 19.4 Å². The van der Waals surface area contributed by atoms with Crippen LogP contribution >= 0.6 is 0 Å². The van der Waals surface area contributed by atoms with Crippen LogP contribution in [-0.4, -0.2) is 171 Å². The third kappa shape index (κ3) is 19.1. The molecule has 0 saturated carbocycles. The largest absolute Gasteiger partial charge is 0.480 e. The van der Waals surface area contributed by atoms with Crippen molar-refractivity contribution in [3.8, 4) is 0 Å². The molecule has 0 spiro atoms. The summed E-state index contributed by atoms with van der Waals surface area (Å²) in [5.74, 6) is -9.54. The summed E-state index contributed by atoms with van der Waals surface area (Å²) in [6, 6.07) is -4.58. The normalized spacial score (nSPS) is 15.0. The van der Waals surface area contributed by atoms with Gasteiger partial charge >= 0.3 is 5.97 Å². The van der Waals surface area contributed by atoms with Crippen molar-refractivity contribution in [3.63, 3.8) is 0 Å². The van der Waals surface area contributed by atoms with E-state index in [1.807, 2.05) is 0 Å². The van der Waals surface area contributed by atoms with Crippen molar-refractivity contribution in [3.05, 3.63) is 35.9 Å². The number of hydrogen-bond acceptors (Lipinski definition) is 18. The van der Waals surface area contributed by atoms with Crippen LogP contribution in [0.1, 0.15) is 25.3 Å². The summed E-state index contributed by atoms with van der Waals surface area (Å²) in [5, 5.41) is 30.5. The lowest BCUT2D eigenvalue weighted by atomic mass is 10.1. The number of aliphatic carboxylic acids is 1. The third-order valence-electron chi connectivity index (χ3n) is 9.34. The van der Waals surface area contributed by atoms with Crippen molar-refractivity contribution < 1.29 is 53.1 Å². The molecule has 0 aliphatic heterocycles. The second-order valence-corrected chi connectivity index (χ2v) is 14.3. The number of rotatable bonds is 30. The average Bonchev–Trinajstić information content (AvgIpc) is 3.29. The van der Waals surface area contributed by atoms with Crippen LogP contribution in [-0.2, 0) is 54.4 Å². The maximum absolute atomic E-state index is 13.2. The number of carboxylic acid groups (broad SMARTS) is 1. The highest BCUT2D eigenvalue weighted by molar-refractivity contribution is 5.98. The molecule has 0 aliphatic rings. The van der Waals surface area contributed by atoms with E-state index in [4.69, 9.17) is 45.9 Å². The van der Waals surface area contributed by atoms with E-state index in [9.17, 15) is 53.1 Å². The van der Waals surface area contributed by atoms with Gasteiger partial charge in [-0.3, -0.25) is 43.2 Å². The van der Waals surface area contributed by atoms with Gasteiger partial charge in [0.15, 0.2) is 0 Å². The lowest BCUT2D eigenvalue weighted by molar-refractivity contribution is -0.142. The molecule has 65 heavy (non-hydrogen) atoms. The van der Waals surface area contributed by atoms with Gasteiger partial charge in [0, 0.05) is 65.2 Å². The molecule has 364 valence electrons. The summed E-state index contributed by atoms with van der Waals surface area (Å²) in [6.45, 7) is -2.09. The fourth-order valence-corrected chi connectivity index (χ4v) is 5.57. The quantitative estimate of drug-likeness (QED) is 0.0341. The lowest BCUT2D eigenvalue weighted by Crippen LogP contribution is -2.64. The van der Waals surface area contributed by atoms with Crippen molar-refractivity contribution >= 4 is 59.1 Å². The zero-order chi connectivity index (χ0) is 49.2. The highest BCUT2D eigenvalue weighted by Crippen LogP contribution is 2.04. The molecule has 0 aromatic heterocycles. The van der Waals surface area contributed by atoms with E-state index < -0.39 is 159 Å². The Morgan fingerprint density at radius 3 is 0.846 bits per heavy atom. The van der Waals surface area contributed by atoms with Crippen molar-refractivity contribution in [2.75, 3.05) is 52.4 Å². The van der Waals surface area contributed by atoms with E-state index in [0.717, 1.165) is 0 Å². The van der Waals surface area contributed by atoms with Crippen molar-refractivity contribution in [1.82, 2.24) is 47.9 Å². The highest BCUT2D eigenvalue weighted by Gasteiger charge is 2.34. The summed E-state index contributed by atoms with van der Waals surface area (Å²) in [4.78, 5) is 128. The summed E-state index contributed by atoms with van der Waals surface area (Å²) >= 11 is 0. The fourth-order valence-electron chi connectivity index (χ4n) is 5.57. The summed E-state index contributed by atoms with van der Waals surface area (Å²) in [7, 11) is 0. The number of nitrogens with one attached hydrogen (secondary N) is 9. The first-order chi connectivity index (χ1) is 30.9. The standard InChI is InChI=1S/C37H65N17O11/c1-2-6-28(55)46-20(10-38)29(56)48-22(12-40)31(58)50-24(14-42)33(60)52-26(16-44)35(62)54-27(17-45)36(63)53-25(15-43)34(61)51-23(13-41)32(59)49-21(11-39)30(57)47-19(37(64)65)9-18-7-4-3-5-8-18/h3-5,7-8,19-27H,2,6,9-17,38-45H2,1H3,(H,46,55)(H,47,57)(H,48,56)(H,49,59)(H,50,58)(H,51,61)(H,52,60)(H,53,63)(H,54,62)(H,64,65)/t19-,20+,21+,22+,23+,24+,25+,26+,27+/m0/s1. The monoisotopic (exact) mass is 924 g/mol. The van der Waals surface area contributed by atoms with Crippen LogP contribution in [0.25, 0.3) is 0 Å². The van der Waals surface area contributed by atoms with Gasteiger partial charge in [-0.25, -0.2) is 4.79 Å². The van der Waals surface area contributed by atoms with Gasteiger partial charge in [-0.15, -0.1) is 0 Å². The Bertz CT molecular complexity index is 1780. The molecule has 0 saturated heterocycles. The molecule has 9 amide bonds. The second kappa shape index (κ2) is 29.9. The van der Waals surface area contributed by atoms with E-state index in [1.165, 1.54) is 0 Å². The fraction of sp³-hybridized carbons (Fsp3) is 0.568. The molecular formula is C37H65N17O11. The van der Waals surface area contributed by atoms with Crippen LogP contribution in [0, 0.1) is 0 Å². The smallest absolute Gasteiger partial charge is 0.326 e. The summed E-state index contributed by atoms with van der Waals surface area (Å²) in [5.41, 5.74) is 46.2. The van der Waals surface area contributed by atoms with Crippen molar-refractivity contribution in [2.24, 2.45) is 45.9 Å². The molecule has 0 heterocycles. The Morgan fingerprint density at radius 1 is 0.400 bits per heavy atom. The molecule has 0 unspecified atom stereocenters. The number of carbonyl (C=O) groups excluding carboxylic acids is 9. The number of nitrogens with two attached hydrogens (primary N) is 8. The van der Waals surface area contributed by atoms with E-state index in [0.29, 0.717) is 12.0 Å². The Labute approximate surface area is 374 Å². The highest BCUT2D eigenvalue weighted by atomic mass is 16.4. The van der Waals surface area contributed by atoms with Gasteiger partial charge in [0.25, 0.3) is 0 Å². The average molecular weight is 924 g/mol. The first-order valence-corrected chi connectivity index (χ1v) is 20.5. The predicted molar refractivity (Wildman–Crippen MR) is 233 cm³/mol. The molecule has 28 nitrogen and oxygen atoms in total. The molecule has 0 aliphatic carbocycles. The molecular weight excluding hydrogens is 859 g/mol. The van der Waals surface area contributed by atoms with Gasteiger partial charge in [0.2, 0.25) is 53.2 Å². The van der Waals surface area contributed by atoms with E-state index >= 15 is 0 Å². The Balaban J connectivity index is 2.90. The number of hydrogen-bond donors (Lipinski definition) is 18. The maximum Gasteiger partial charge on any atom is 0.326 e. The van der Waals surface area contributed by atoms with Crippen LogP contribution in [0.2, 0.25) is 0 Å². The van der Waals surface area contributed by atoms with Crippen LogP contribution in [0.15, 0.2) is 30.3 Å². The Morgan fingerprint density at radius 2 is 0.631 bits per heavy atom. The minimum absolute atomic E-state index is 0.0713. The van der Waals surface area contributed by atoms with Crippen LogP contribution in [0.5, 0.6) is 0 Å². The van der Waals surface area contributed by atoms with Crippen LogP contribution < -0.4 is 93.7 Å². The van der Waals surface area contributed by atoms with Gasteiger partial charge in [-0.1, -0.05) is 37.3 Å². The minimum atomic E-state index is -1.55. The van der Waals surface area contributed by atoms with Gasteiger partial charge in [0.05, 0.1) is 0 Å². The van der Waals surface area contributed by atoms with E-state index in [1.54, 1.807) is 37.3 Å². The zero-order valence-electron chi connectivity index (χ0n) is 36.0. The van der Waals surface area contributed by atoms with Crippen LogP contribution in [0.3, 0.4) is 0 Å². The molecule has 0 bridgehead atoms. The van der Waals surface area contributed by atoms with E-state index in [2.05, 4.69) is 47.9 Å². The Kier molecular flexibility index (Phi) is 26.0. The molecule has 28 heteroatoms. The molecule has 26 N–H and O–H groups in total. The molecule has 9 atom stereocenters. The van der Waals surface area contributed by atoms with Gasteiger partial charge in [0.1, 0.15) is 54.4 Å². The summed E-state index contributed by atoms with van der Waals surface area (Å²) < 4.78 is 0. The van der Waals surface area contributed by atoms with Gasteiger partial charge in [-0.05, 0) is 12.0 Å². The first-order valence-electron chi connectivity index (χ1n) is 20.5. The number of carbonyl (C=O) groups is 10. The van der Waals surface area contributed by atoms with Crippen LogP contribution in [0.4, 0.5) is 0 Å². The maximum atomic E-state index is 13.2. The molecule has 1 aromatic carbocycles. The molecule has 1 aromatic rings.